The van der Waals surface area contributed by atoms with Crippen LogP contribution in [0.2, 0.25) is 0 Å². The Morgan fingerprint density at radius 2 is 1.86 bits per heavy atom. The molecule has 0 heterocycles. The lowest BCUT2D eigenvalue weighted by molar-refractivity contribution is -0.206. The van der Waals surface area contributed by atoms with Crippen molar-refractivity contribution in [1.82, 2.24) is 0 Å². The van der Waals surface area contributed by atoms with Crippen LogP contribution in [0, 0.1) is 5.92 Å². The minimum atomic E-state index is -4.69. The summed E-state index contributed by atoms with van der Waals surface area (Å²) in [4.78, 5) is 0. The fourth-order valence-corrected chi connectivity index (χ4v) is 2.04. The first kappa shape index (κ1) is 15.6. The van der Waals surface area contributed by atoms with Crippen molar-refractivity contribution in [2.75, 3.05) is 6.61 Å². The number of benzene rings is 2. The van der Waals surface area contributed by atoms with Gasteiger partial charge in [-0.3, -0.25) is 0 Å². The highest BCUT2D eigenvalue weighted by molar-refractivity contribution is 5.87. The third kappa shape index (κ3) is 3.67. The maximum Gasteiger partial charge on any atom is 0.418 e. The summed E-state index contributed by atoms with van der Waals surface area (Å²) in [6, 6.07) is 9.44. The molecule has 0 radical (unpaired) electrons. The zero-order valence-electron chi connectivity index (χ0n) is 11.8. The van der Waals surface area contributed by atoms with Crippen molar-refractivity contribution in [3.8, 4) is 5.75 Å². The molecule has 2 rings (SSSR count). The van der Waals surface area contributed by atoms with Crippen molar-refractivity contribution in [2.45, 2.75) is 26.1 Å². The van der Waals surface area contributed by atoms with Gasteiger partial charge in [0.05, 0.1) is 6.61 Å². The lowest BCUT2D eigenvalue weighted by Gasteiger charge is -2.17. The Bertz CT molecular complexity index is 620. The van der Waals surface area contributed by atoms with Gasteiger partial charge in [-0.25, -0.2) is 0 Å². The number of ether oxygens (including phenoxy) is 1. The largest absolute Gasteiger partial charge is 0.493 e. The van der Waals surface area contributed by atoms with Crippen LogP contribution >= 0.6 is 0 Å². The standard InChI is InChI=1S/C16H17F3O2/c1-10(2)9-21-12-7-6-11-4-3-5-13(14(11)8-12)15(20)16(17,18)19/h3-8,10,15,20H,9H2,1-2H3. The summed E-state index contributed by atoms with van der Waals surface area (Å²) in [7, 11) is 0. The van der Waals surface area contributed by atoms with Crippen LogP contribution in [0.15, 0.2) is 36.4 Å². The molecule has 0 saturated carbocycles. The highest BCUT2D eigenvalue weighted by Gasteiger charge is 2.40. The van der Waals surface area contributed by atoms with Crippen LogP contribution in [-0.4, -0.2) is 17.9 Å². The summed E-state index contributed by atoms with van der Waals surface area (Å²) < 4.78 is 43.7. The second kappa shape index (κ2) is 5.93. The molecule has 0 fully saturated rings. The van der Waals surface area contributed by atoms with Gasteiger partial charge in [-0.05, 0) is 34.4 Å². The molecule has 1 N–H and O–H groups in total. The second-order valence-electron chi connectivity index (χ2n) is 5.38. The van der Waals surface area contributed by atoms with Crippen LogP contribution in [-0.2, 0) is 0 Å². The minimum Gasteiger partial charge on any atom is -0.493 e. The minimum absolute atomic E-state index is 0.157. The number of hydrogen-bond donors (Lipinski definition) is 1. The maximum atomic E-state index is 12.7. The van der Waals surface area contributed by atoms with Gasteiger partial charge in [0.25, 0.3) is 0 Å². The number of fused-ring (bicyclic) bond motifs is 1. The van der Waals surface area contributed by atoms with Gasteiger partial charge in [-0.2, -0.15) is 13.2 Å². The van der Waals surface area contributed by atoms with Gasteiger partial charge < -0.3 is 9.84 Å². The van der Waals surface area contributed by atoms with Gasteiger partial charge in [0, 0.05) is 0 Å². The topological polar surface area (TPSA) is 29.5 Å². The molecule has 0 amide bonds. The van der Waals surface area contributed by atoms with Crippen molar-refractivity contribution in [3.05, 3.63) is 42.0 Å². The van der Waals surface area contributed by atoms with E-state index in [2.05, 4.69) is 0 Å². The first-order valence-corrected chi connectivity index (χ1v) is 6.69. The molecule has 0 aliphatic rings. The van der Waals surface area contributed by atoms with Crippen LogP contribution in [0.25, 0.3) is 10.8 Å². The number of rotatable bonds is 4. The predicted octanol–water partition coefficient (Wildman–Crippen LogP) is 4.47. The van der Waals surface area contributed by atoms with Crippen LogP contribution in [0.1, 0.15) is 25.5 Å². The molecule has 0 aromatic heterocycles. The van der Waals surface area contributed by atoms with E-state index in [9.17, 15) is 18.3 Å². The van der Waals surface area contributed by atoms with Gasteiger partial charge in [-0.1, -0.05) is 38.1 Å². The number of halogens is 3. The number of aliphatic hydroxyl groups excluding tert-OH is 1. The Balaban J connectivity index is 2.44. The van der Waals surface area contributed by atoms with E-state index in [0.717, 1.165) is 0 Å². The lowest BCUT2D eigenvalue weighted by atomic mass is 10.00. The maximum absolute atomic E-state index is 12.7. The summed E-state index contributed by atoms with van der Waals surface area (Å²) >= 11 is 0. The molecular weight excluding hydrogens is 281 g/mol. The van der Waals surface area contributed by atoms with Gasteiger partial charge in [0.1, 0.15) is 5.75 Å². The van der Waals surface area contributed by atoms with Crippen LogP contribution in [0.5, 0.6) is 5.75 Å². The summed E-state index contributed by atoms with van der Waals surface area (Å²) in [5, 5.41) is 10.5. The highest BCUT2D eigenvalue weighted by Crippen LogP contribution is 2.37. The first-order valence-electron chi connectivity index (χ1n) is 6.69. The molecular formula is C16H17F3O2. The van der Waals surface area contributed by atoms with Gasteiger partial charge in [0.2, 0.25) is 0 Å². The molecule has 0 spiro atoms. The zero-order valence-corrected chi connectivity index (χ0v) is 11.8. The van der Waals surface area contributed by atoms with E-state index in [0.29, 0.717) is 29.0 Å². The van der Waals surface area contributed by atoms with Crippen LogP contribution in [0.3, 0.4) is 0 Å². The van der Waals surface area contributed by atoms with Gasteiger partial charge in [0.15, 0.2) is 6.10 Å². The van der Waals surface area contributed by atoms with E-state index in [4.69, 9.17) is 4.74 Å². The molecule has 0 saturated heterocycles. The van der Waals surface area contributed by atoms with Crippen molar-refractivity contribution in [2.24, 2.45) is 5.92 Å². The molecule has 2 nitrogen and oxygen atoms in total. The van der Waals surface area contributed by atoms with Crippen molar-refractivity contribution < 1.29 is 23.0 Å². The molecule has 21 heavy (non-hydrogen) atoms. The molecule has 0 aliphatic heterocycles. The Hall–Kier alpha value is -1.75. The lowest BCUT2D eigenvalue weighted by Crippen LogP contribution is -2.20. The molecule has 1 atom stereocenters. The Morgan fingerprint density at radius 3 is 2.48 bits per heavy atom. The summed E-state index contributed by atoms with van der Waals surface area (Å²) in [5.74, 6) is 0.815. The first-order chi connectivity index (χ1) is 9.79. The van der Waals surface area contributed by atoms with E-state index in [-0.39, 0.29) is 5.56 Å². The fourth-order valence-electron chi connectivity index (χ4n) is 2.04. The smallest absolute Gasteiger partial charge is 0.418 e. The Kier molecular flexibility index (Phi) is 4.42. The van der Waals surface area contributed by atoms with Crippen molar-refractivity contribution >= 4 is 10.8 Å². The van der Waals surface area contributed by atoms with Crippen molar-refractivity contribution in [1.29, 1.82) is 0 Å². The summed E-state index contributed by atoms with van der Waals surface area (Å²) in [6.45, 7) is 4.45. The molecule has 2 aromatic carbocycles. The number of hydrogen-bond acceptors (Lipinski definition) is 2. The molecule has 1 unspecified atom stereocenters. The quantitative estimate of drug-likeness (QED) is 0.902. The third-order valence-corrected chi connectivity index (χ3v) is 3.08. The predicted molar refractivity (Wildman–Crippen MR) is 75.3 cm³/mol. The van der Waals surface area contributed by atoms with E-state index >= 15 is 0 Å². The van der Waals surface area contributed by atoms with E-state index in [1.54, 1.807) is 24.3 Å². The average molecular weight is 298 g/mol. The van der Waals surface area contributed by atoms with Gasteiger partial charge in [-0.15, -0.1) is 0 Å². The van der Waals surface area contributed by atoms with Crippen LogP contribution < -0.4 is 4.74 Å². The summed E-state index contributed by atoms with van der Waals surface area (Å²) in [5.41, 5.74) is -0.157. The number of aliphatic hydroxyl groups is 1. The van der Waals surface area contributed by atoms with E-state index < -0.39 is 12.3 Å². The molecule has 0 bridgehead atoms. The third-order valence-electron chi connectivity index (χ3n) is 3.08. The SMILES string of the molecule is CC(C)COc1ccc2cccc(C(O)C(F)(F)F)c2c1. The van der Waals surface area contributed by atoms with E-state index in [1.165, 1.54) is 12.1 Å². The monoisotopic (exact) mass is 298 g/mol. The Morgan fingerprint density at radius 1 is 1.14 bits per heavy atom. The molecule has 0 aliphatic carbocycles. The van der Waals surface area contributed by atoms with Crippen LogP contribution in [0.4, 0.5) is 13.2 Å². The molecule has 5 heteroatoms. The zero-order chi connectivity index (χ0) is 15.6. The van der Waals surface area contributed by atoms with Crippen molar-refractivity contribution in [3.63, 3.8) is 0 Å². The highest BCUT2D eigenvalue weighted by atomic mass is 19.4. The Labute approximate surface area is 121 Å². The second-order valence-corrected chi connectivity index (χ2v) is 5.38. The van der Waals surface area contributed by atoms with Gasteiger partial charge >= 0.3 is 6.18 Å². The molecule has 114 valence electrons. The normalized spacial score (nSPS) is 13.7. The average Bonchev–Trinajstić information content (AvgIpc) is 2.42. The number of alkyl halides is 3. The van der Waals surface area contributed by atoms with E-state index in [1.807, 2.05) is 13.8 Å². The fraction of sp³-hybridized carbons (Fsp3) is 0.375. The summed E-state index contributed by atoms with van der Waals surface area (Å²) in [6.07, 6.45) is -7.19. The molecule has 2 aromatic rings.